The van der Waals surface area contributed by atoms with Crippen molar-refractivity contribution in [3.63, 3.8) is 0 Å². The number of nitrogens with zero attached hydrogens (tertiary/aromatic N) is 3. The summed E-state index contributed by atoms with van der Waals surface area (Å²) in [6.45, 7) is 2.76. The Kier molecular flexibility index (Phi) is 8.14. The van der Waals surface area contributed by atoms with E-state index >= 15 is 0 Å². The van der Waals surface area contributed by atoms with Gasteiger partial charge in [-0.3, -0.25) is 10.9 Å². The van der Waals surface area contributed by atoms with Gasteiger partial charge in [0.1, 0.15) is 11.6 Å². The molecule has 8 nitrogen and oxygen atoms in total. The molecule has 0 aliphatic heterocycles. The zero-order valence-corrected chi connectivity index (χ0v) is 20.2. The molecule has 11 heteroatoms. The maximum atomic E-state index is 13.2. The van der Waals surface area contributed by atoms with Crippen molar-refractivity contribution in [3.8, 4) is 0 Å². The van der Waals surface area contributed by atoms with Crippen molar-refractivity contribution in [3.05, 3.63) is 101 Å². The van der Waals surface area contributed by atoms with E-state index in [-0.39, 0.29) is 29.5 Å². The maximum absolute atomic E-state index is 13.2. The SMILES string of the molecule is Cc1ccc(NC(=S)NNc2nc(NCc3ccc(F)cc3)nc(NCc3ccc(F)cc3)n2)cc1. The summed E-state index contributed by atoms with van der Waals surface area (Å²) in [5.41, 5.74) is 9.41. The lowest BCUT2D eigenvalue weighted by molar-refractivity contribution is 0.626. The quantitative estimate of drug-likeness (QED) is 0.159. The highest BCUT2D eigenvalue weighted by Gasteiger charge is 2.08. The van der Waals surface area contributed by atoms with E-state index in [1.807, 2.05) is 31.2 Å². The molecule has 0 aliphatic rings. The van der Waals surface area contributed by atoms with E-state index in [0.29, 0.717) is 18.2 Å². The van der Waals surface area contributed by atoms with E-state index < -0.39 is 0 Å². The van der Waals surface area contributed by atoms with Crippen LogP contribution in [0.2, 0.25) is 0 Å². The fraction of sp³-hybridized carbons (Fsp3) is 0.120. The lowest BCUT2D eigenvalue weighted by Crippen LogP contribution is -2.34. The number of hydrazine groups is 1. The first-order chi connectivity index (χ1) is 17.4. The van der Waals surface area contributed by atoms with Gasteiger partial charge in [0.2, 0.25) is 17.8 Å². The molecule has 4 aromatic rings. The van der Waals surface area contributed by atoms with E-state index in [0.717, 1.165) is 22.4 Å². The van der Waals surface area contributed by atoms with E-state index in [2.05, 4.69) is 41.8 Å². The van der Waals surface area contributed by atoms with Crippen molar-refractivity contribution in [2.24, 2.45) is 0 Å². The monoisotopic (exact) mass is 506 g/mol. The molecule has 0 fully saturated rings. The van der Waals surface area contributed by atoms with Gasteiger partial charge in [-0.1, -0.05) is 42.0 Å². The van der Waals surface area contributed by atoms with Crippen LogP contribution in [-0.4, -0.2) is 20.1 Å². The Morgan fingerprint density at radius 1 is 0.694 bits per heavy atom. The van der Waals surface area contributed by atoms with Gasteiger partial charge >= 0.3 is 0 Å². The zero-order chi connectivity index (χ0) is 25.3. The third-order valence-electron chi connectivity index (χ3n) is 4.96. The highest BCUT2D eigenvalue weighted by Crippen LogP contribution is 2.13. The number of anilines is 4. The summed E-state index contributed by atoms with van der Waals surface area (Å²) in [6, 6.07) is 20.0. The highest BCUT2D eigenvalue weighted by molar-refractivity contribution is 7.80. The molecule has 0 saturated heterocycles. The third kappa shape index (κ3) is 7.57. The second-order valence-electron chi connectivity index (χ2n) is 7.84. The second kappa shape index (κ2) is 11.8. The number of hydrogen-bond donors (Lipinski definition) is 5. The predicted octanol–water partition coefficient (Wildman–Crippen LogP) is 5.00. The van der Waals surface area contributed by atoms with Gasteiger partial charge in [-0.25, -0.2) is 8.78 Å². The molecule has 0 radical (unpaired) electrons. The second-order valence-corrected chi connectivity index (χ2v) is 8.24. The number of nitrogens with one attached hydrogen (secondary N) is 5. The van der Waals surface area contributed by atoms with Crippen LogP contribution < -0.4 is 26.8 Å². The van der Waals surface area contributed by atoms with E-state index in [9.17, 15) is 8.78 Å². The maximum Gasteiger partial charge on any atom is 0.248 e. The Morgan fingerprint density at radius 2 is 1.17 bits per heavy atom. The van der Waals surface area contributed by atoms with Crippen LogP contribution in [0.5, 0.6) is 0 Å². The molecule has 1 heterocycles. The number of hydrogen-bond acceptors (Lipinski definition) is 7. The Balaban J connectivity index is 1.43. The Hall–Kier alpha value is -4.38. The van der Waals surface area contributed by atoms with Crippen LogP contribution in [0.3, 0.4) is 0 Å². The van der Waals surface area contributed by atoms with Crippen molar-refractivity contribution < 1.29 is 8.78 Å². The number of rotatable bonds is 9. The molecule has 36 heavy (non-hydrogen) atoms. The molecule has 0 amide bonds. The average Bonchev–Trinajstić information content (AvgIpc) is 2.88. The van der Waals surface area contributed by atoms with Gasteiger partial charge in [0.15, 0.2) is 5.11 Å². The number of aryl methyl sites for hydroxylation is 1. The lowest BCUT2D eigenvalue weighted by atomic mass is 10.2. The van der Waals surface area contributed by atoms with Gasteiger partial charge < -0.3 is 16.0 Å². The number of aromatic nitrogens is 3. The summed E-state index contributed by atoms with van der Waals surface area (Å²) in [7, 11) is 0. The summed E-state index contributed by atoms with van der Waals surface area (Å²) in [6.07, 6.45) is 0. The minimum absolute atomic E-state index is 0.210. The topological polar surface area (TPSA) is 98.8 Å². The molecule has 1 aromatic heterocycles. The molecule has 0 atom stereocenters. The highest BCUT2D eigenvalue weighted by atomic mass is 32.1. The fourth-order valence-electron chi connectivity index (χ4n) is 3.07. The standard InChI is InChI=1S/C25H24F2N8S/c1-16-2-12-21(13-3-16)30-25(36)35-34-24-32-22(28-14-17-4-8-19(26)9-5-17)31-23(33-24)29-15-18-6-10-20(27)11-7-18/h2-13H,14-15H2,1H3,(H2,30,35,36)(H3,28,29,31,32,33,34). The molecule has 0 saturated carbocycles. The first kappa shape index (κ1) is 24.7. The Morgan fingerprint density at radius 3 is 1.67 bits per heavy atom. The summed E-state index contributed by atoms with van der Waals surface area (Å²) in [5, 5.41) is 9.60. The average molecular weight is 507 g/mol. The minimum atomic E-state index is -0.307. The molecular formula is C25H24F2N8S. The molecule has 0 aliphatic carbocycles. The van der Waals surface area contributed by atoms with Crippen LogP contribution in [0.25, 0.3) is 0 Å². The summed E-state index contributed by atoms with van der Waals surface area (Å²) >= 11 is 5.34. The van der Waals surface area contributed by atoms with E-state index in [4.69, 9.17) is 12.2 Å². The van der Waals surface area contributed by atoms with Gasteiger partial charge in [0, 0.05) is 18.8 Å². The zero-order valence-electron chi connectivity index (χ0n) is 19.3. The van der Waals surface area contributed by atoms with Gasteiger partial charge in [-0.15, -0.1) is 0 Å². The first-order valence-corrected chi connectivity index (χ1v) is 11.5. The van der Waals surface area contributed by atoms with Gasteiger partial charge in [-0.05, 0) is 66.7 Å². The normalized spacial score (nSPS) is 10.4. The van der Waals surface area contributed by atoms with Gasteiger partial charge in [0.25, 0.3) is 0 Å². The van der Waals surface area contributed by atoms with Crippen LogP contribution >= 0.6 is 12.2 Å². The minimum Gasteiger partial charge on any atom is -0.350 e. The van der Waals surface area contributed by atoms with Crippen molar-refractivity contribution >= 4 is 40.9 Å². The van der Waals surface area contributed by atoms with E-state index in [1.54, 1.807) is 24.3 Å². The molecule has 0 unspecified atom stereocenters. The summed E-state index contributed by atoms with van der Waals surface area (Å²) in [4.78, 5) is 13.1. The number of benzene rings is 3. The predicted molar refractivity (Wildman–Crippen MR) is 141 cm³/mol. The molecule has 0 bridgehead atoms. The molecule has 0 spiro atoms. The molecule has 184 valence electrons. The van der Waals surface area contributed by atoms with Crippen molar-refractivity contribution in [1.29, 1.82) is 0 Å². The van der Waals surface area contributed by atoms with Crippen molar-refractivity contribution in [2.45, 2.75) is 20.0 Å². The Bertz CT molecular complexity index is 1230. The van der Waals surface area contributed by atoms with Gasteiger partial charge in [0.05, 0.1) is 0 Å². The summed E-state index contributed by atoms with van der Waals surface area (Å²) in [5.74, 6) is 0.175. The number of halogens is 2. The molecule has 4 rings (SSSR count). The van der Waals surface area contributed by atoms with Crippen LogP contribution in [0.4, 0.5) is 32.3 Å². The Labute approximate surface area is 212 Å². The fourth-order valence-corrected chi connectivity index (χ4v) is 3.24. The molecule has 3 aromatic carbocycles. The number of thiocarbonyl (C=S) groups is 1. The molecular weight excluding hydrogens is 482 g/mol. The first-order valence-electron chi connectivity index (χ1n) is 11.1. The van der Waals surface area contributed by atoms with Crippen molar-refractivity contribution in [2.75, 3.05) is 21.4 Å². The third-order valence-corrected chi connectivity index (χ3v) is 5.16. The van der Waals surface area contributed by atoms with E-state index in [1.165, 1.54) is 24.3 Å². The summed E-state index contributed by atoms with van der Waals surface area (Å²) < 4.78 is 26.4. The van der Waals surface area contributed by atoms with Crippen LogP contribution in [0.1, 0.15) is 16.7 Å². The smallest absolute Gasteiger partial charge is 0.248 e. The lowest BCUT2D eigenvalue weighted by Gasteiger charge is -2.14. The van der Waals surface area contributed by atoms with Crippen LogP contribution in [0.15, 0.2) is 72.8 Å². The van der Waals surface area contributed by atoms with Gasteiger partial charge in [-0.2, -0.15) is 15.0 Å². The molecule has 5 N–H and O–H groups in total. The largest absolute Gasteiger partial charge is 0.350 e. The van der Waals surface area contributed by atoms with Crippen molar-refractivity contribution in [1.82, 2.24) is 20.4 Å². The van der Waals surface area contributed by atoms with Crippen LogP contribution in [-0.2, 0) is 13.1 Å². The van der Waals surface area contributed by atoms with Crippen LogP contribution in [0, 0.1) is 18.6 Å².